The van der Waals surface area contributed by atoms with Gasteiger partial charge in [0.05, 0.1) is 0 Å². The summed E-state index contributed by atoms with van der Waals surface area (Å²) < 4.78 is 0. The number of nitrogens with one attached hydrogen (secondary N) is 1. The van der Waals surface area contributed by atoms with Gasteiger partial charge >= 0.3 is 0 Å². The Balaban J connectivity index is 2.36. The normalized spacial score (nSPS) is 26.6. The van der Waals surface area contributed by atoms with Crippen molar-refractivity contribution in [3.8, 4) is 0 Å². The molecule has 0 saturated carbocycles. The van der Waals surface area contributed by atoms with Crippen LogP contribution in [0.3, 0.4) is 0 Å². The van der Waals surface area contributed by atoms with Gasteiger partial charge in [-0.25, -0.2) is 0 Å². The first kappa shape index (κ1) is 14.0. The van der Waals surface area contributed by atoms with Crippen molar-refractivity contribution in [2.24, 2.45) is 11.3 Å². The Hall–Kier alpha value is -0.0800. The van der Waals surface area contributed by atoms with Crippen molar-refractivity contribution in [3.05, 3.63) is 0 Å². The summed E-state index contributed by atoms with van der Waals surface area (Å²) in [4.78, 5) is 2.54. The highest BCUT2D eigenvalue weighted by Gasteiger charge is 2.31. The Labute approximate surface area is 102 Å². The molecule has 1 N–H and O–H groups in total. The molecular weight excluding hydrogens is 196 g/mol. The van der Waals surface area contributed by atoms with Crippen LogP contribution in [-0.2, 0) is 0 Å². The van der Waals surface area contributed by atoms with Gasteiger partial charge in [0, 0.05) is 13.1 Å². The molecule has 0 aromatic carbocycles. The number of hydrogen-bond acceptors (Lipinski definition) is 2. The standard InChI is InChI=1S/C14H30N2/c1-5-14(8-6-9-15-11-14)12-16(4)10-7-13(2)3/h13,15H,5-12H2,1-4H3. The predicted molar refractivity (Wildman–Crippen MR) is 71.8 cm³/mol. The molecule has 1 fully saturated rings. The van der Waals surface area contributed by atoms with Crippen molar-refractivity contribution in [1.82, 2.24) is 10.2 Å². The summed E-state index contributed by atoms with van der Waals surface area (Å²) in [5.74, 6) is 0.824. The quantitative estimate of drug-likeness (QED) is 0.749. The van der Waals surface area contributed by atoms with E-state index in [4.69, 9.17) is 0 Å². The Morgan fingerprint density at radius 1 is 1.38 bits per heavy atom. The Kier molecular flexibility index (Phi) is 5.77. The molecule has 1 unspecified atom stereocenters. The maximum Gasteiger partial charge on any atom is 0.00470 e. The average molecular weight is 226 g/mol. The van der Waals surface area contributed by atoms with E-state index in [0.29, 0.717) is 5.41 Å². The summed E-state index contributed by atoms with van der Waals surface area (Å²) in [6.45, 7) is 11.9. The summed E-state index contributed by atoms with van der Waals surface area (Å²) in [5, 5.41) is 3.57. The molecule has 16 heavy (non-hydrogen) atoms. The third kappa shape index (κ3) is 4.42. The van der Waals surface area contributed by atoms with E-state index >= 15 is 0 Å². The van der Waals surface area contributed by atoms with E-state index < -0.39 is 0 Å². The van der Waals surface area contributed by atoms with Gasteiger partial charge in [-0.3, -0.25) is 0 Å². The highest BCUT2D eigenvalue weighted by Crippen LogP contribution is 2.30. The van der Waals surface area contributed by atoms with E-state index in [0.717, 1.165) is 5.92 Å². The smallest absolute Gasteiger partial charge is 0.00470 e. The van der Waals surface area contributed by atoms with E-state index in [1.165, 1.54) is 51.9 Å². The second-order valence-electron chi connectivity index (χ2n) is 6.05. The molecule has 1 rings (SSSR count). The van der Waals surface area contributed by atoms with Gasteiger partial charge in [-0.05, 0) is 57.2 Å². The first-order valence-electron chi connectivity index (χ1n) is 6.97. The van der Waals surface area contributed by atoms with E-state index in [1.807, 2.05) is 0 Å². The van der Waals surface area contributed by atoms with Crippen molar-refractivity contribution >= 4 is 0 Å². The zero-order valence-corrected chi connectivity index (χ0v) is 11.7. The van der Waals surface area contributed by atoms with Crippen molar-refractivity contribution in [2.45, 2.75) is 46.5 Å². The number of rotatable bonds is 6. The molecule has 0 bridgehead atoms. The van der Waals surface area contributed by atoms with Crippen molar-refractivity contribution in [1.29, 1.82) is 0 Å². The molecule has 0 aliphatic carbocycles. The van der Waals surface area contributed by atoms with Crippen LogP contribution in [0.15, 0.2) is 0 Å². The van der Waals surface area contributed by atoms with Crippen molar-refractivity contribution in [3.63, 3.8) is 0 Å². The van der Waals surface area contributed by atoms with Crippen LogP contribution in [0, 0.1) is 11.3 Å². The Bertz CT molecular complexity index is 183. The lowest BCUT2D eigenvalue weighted by Crippen LogP contribution is -2.46. The third-order valence-electron chi connectivity index (χ3n) is 4.00. The summed E-state index contributed by atoms with van der Waals surface area (Å²) in [7, 11) is 2.29. The van der Waals surface area contributed by atoms with Gasteiger partial charge in [-0.1, -0.05) is 20.8 Å². The monoisotopic (exact) mass is 226 g/mol. The first-order valence-corrected chi connectivity index (χ1v) is 6.97. The van der Waals surface area contributed by atoms with Gasteiger partial charge in [0.15, 0.2) is 0 Å². The van der Waals surface area contributed by atoms with Crippen LogP contribution in [0.2, 0.25) is 0 Å². The number of nitrogens with zero attached hydrogens (tertiary/aromatic N) is 1. The van der Waals surface area contributed by atoms with Gasteiger partial charge in [0.25, 0.3) is 0 Å². The molecule has 1 heterocycles. The summed E-state index contributed by atoms with van der Waals surface area (Å²) in [6, 6.07) is 0. The predicted octanol–water partition coefficient (Wildman–Crippen LogP) is 2.74. The molecule has 2 nitrogen and oxygen atoms in total. The van der Waals surface area contributed by atoms with Crippen LogP contribution in [0.1, 0.15) is 46.5 Å². The van der Waals surface area contributed by atoms with Crippen LogP contribution >= 0.6 is 0 Å². The average Bonchev–Trinajstić information content (AvgIpc) is 2.28. The molecule has 0 radical (unpaired) electrons. The second kappa shape index (κ2) is 6.61. The molecule has 2 heteroatoms. The van der Waals surface area contributed by atoms with Gasteiger partial charge in [0.1, 0.15) is 0 Å². The van der Waals surface area contributed by atoms with Crippen molar-refractivity contribution < 1.29 is 0 Å². The molecule has 1 saturated heterocycles. The van der Waals surface area contributed by atoms with Gasteiger partial charge in [-0.2, -0.15) is 0 Å². The topological polar surface area (TPSA) is 15.3 Å². The zero-order valence-electron chi connectivity index (χ0n) is 11.7. The highest BCUT2D eigenvalue weighted by molar-refractivity contribution is 4.86. The molecule has 1 aliphatic rings. The molecule has 0 spiro atoms. The molecule has 0 amide bonds. The largest absolute Gasteiger partial charge is 0.316 e. The molecule has 96 valence electrons. The molecule has 0 aromatic heterocycles. The fourth-order valence-corrected chi connectivity index (χ4v) is 2.71. The molecular formula is C14H30N2. The van der Waals surface area contributed by atoms with Crippen LogP contribution in [0.5, 0.6) is 0 Å². The SMILES string of the molecule is CCC1(CN(C)CCC(C)C)CCCNC1. The Morgan fingerprint density at radius 2 is 2.12 bits per heavy atom. The minimum absolute atomic E-state index is 0.546. The first-order chi connectivity index (χ1) is 7.58. The fraction of sp³-hybridized carbons (Fsp3) is 1.00. The number of hydrogen-bond donors (Lipinski definition) is 1. The van der Waals surface area contributed by atoms with Gasteiger partial charge in [-0.15, -0.1) is 0 Å². The second-order valence-corrected chi connectivity index (χ2v) is 6.05. The Morgan fingerprint density at radius 3 is 2.62 bits per heavy atom. The van der Waals surface area contributed by atoms with E-state index in [-0.39, 0.29) is 0 Å². The van der Waals surface area contributed by atoms with Crippen LogP contribution in [0.25, 0.3) is 0 Å². The van der Waals surface area contributed by atoms with Crippen LogP contribution in [0.4, 0.5) is 0 Å². The van der Waals surface area contributed by atoms with Crippen LogP contribution in [-0.4, -0.2) is 38.1 Å². The zero-order chi connectivity index (χ0) is 12.0. The lowest BCUT2D eigenvalue weighted by atomic mass is 9.78. The maximum atomic E-state index is 3.57. The summed E-state index contributed by atoms with van der Waals surface area (Å²) in [6.07, 6.45) is 5.39. The minimum Gasteiger partial charge on any atom is -0.316 e. The fourth-order valence-electron chi connectivity index (χ4n) is 2.71. The van der Waals surface area contributed by atoms with E-state index in [2.05, 4.69) is 38.0 Å². The highest BCUT2D eigenvalue weighted by atomic mass is 15.1. The van der Waals surface area contributed by atoms with Gasteiger partial charge in [0.2, 0.25) is 0 Å². The van der Waals surface area contributed by atoms with Crippen LogP contribution < -0.4 is 5.32 Å². The van der Waals surface area contributed by atoms with Gasteiger partial charge < -0.3 is 10.2 Å². The molecule has 0 aromatic rings. The van der Waals surface area contributed by atoms with E-state index in [9.17, 15) is 0 Å². The lowest BCUT2D eigenvalue weighted by molar-refractivity contribution is 0.125. The van der Waals surface area contributed by atoms with E-state index in [1.54, 1.807) is 0 Å². The molecule has 1 aliphatic heterocycles. The van der Waals surface area contributed by atoms with Crippen molar-refractivity contribution in [2.75, 3.05) is 33.2 Å². The molecule has 1 atom stereocenters. The number of piperidine rings is 1. The minimum atomic E-state index is 0.546. The summed E-state index contributed by atoms with van der Waals surface area (Å²) >= 11 is 0. The summed E-state index contributed by atoms with van der Waals surface area (Å²) in [5.41, 5.74) is 0.546. The maximum absolute atomic E-state index is 3.57. The lowest BCUT2D eigenvalue weighted by Gasteiger charge is -2.40. The third-order valence-corrected chi connectivity index (χ3v) is 4.00.